The molecule has 1 saturated heterocycles. The van der Waals surface area contributed by atoms with Gasteiger partial charge in [-0.2, -0.15) is 11.8 Å². The van der Waals surface area contributed by atoms with Crippen LogP contribution in [0.3, 0.4) is 0 Å². The number of aromatic carboxylic acids is 2. The van der Waals surface area contributed by atoms with E-state index in [2.05, 4.69) is 42.1 Å². The van der Waals surface area contributed by atoms with Crippen molar-refractivity contribution in [2.45, 2.75) is 38.5 Å². The molecular formula is C33H47N5O8S2. The van der Waals surface area contributed by atoms with E-state index in [1.807, 2.05) is 23.9 Å². The Morgan fingerprint density at radius 1 is 0.812 bits per heavy atom. The number of nitrogens with zero attached hydrogens (tertiary/aromatic N) is 5. The molecule has 3 heterocycles. The van der Waals surface area contributed by atoms with E-state index < -0.39 is 11.9 Å². The molecule has 15 heteroatoms. The van der Waals surface area contributed by atoms with Crippen molar-refractivity contribution >= 4 is 41.1 Å². The molecule has 0 aliphatic carbocycles. The van der Waals surface area contributed by atoms with E-state index in [-0.39, 0.29) is 17.5 Å². The number of aromatic nitrogens is 2. The van der Waals surface area contributed by atoms with Gasteiger partial charge in [0.25, 0.3) is 0 Å². The summed E-state index contributed by atoms with van der Waals surface area (Å²) in [4.78, 5) is 39.7. The van der Waals surface area contributed by atoms with E-state index in [1.54, 1.807) is 12.1 Å². The van der Waals surface area contributed by atoms with Gasteiger partial charge in [0.1, 0.15) is 11.4 Å². The molecule has 0 amide bonds. The van der Waals surface area contributed by atoms with Crippen LogP contribution in [0.5, 0.6) is 0 Å². The van der Waals surface area contributed by atoms with Gasteiger partial charge in [0.2, 0.25) is 0 Å². The summed E-state index contributed by atoms with van der Waals surface area (Å²) in [5.74, 6) is -0.321. The number of hydrogen-bond acceptors (Lipinski definition) is 13. The fourth-order valence-corrected chi connectivity index (χ4v) is 5.94. The van der Waals surface area contributed by atoms with E-state index in [0.29, 0.717) is 96.9 Å². The van der Waals surface area contributed by atoms with Crippen molar-refractivity contribution in [1.82, 2.24) is 19.8 Å². The second-order valence-electron chi connectivity index (χ2n) is 11.1. The number of thiocarbonyl (C=S) groups is 1. The van der Waals surface area contributed by atoms with Crippen molar-refractivity contribution in [3.05, 3.63) is 59.2 Å². The van der Waals surface area contributed by atoms with Gasteiger partial charge in [-0.3, -0.25) is 9.80 Å². The highest BCUT2D eigenvalue weighted by molar-refractivity contribution is 7.99. The molecule has 13 nitrogen and oxygen atoms in total. The van der Waals surface area contributed by atoms with Gasteiger partial charge in [-0.15, -0.1) is 0 Å². The highest BCUT2D eigenvalue weighted by atomic mass is 32.2. The Kier molecular flexibility index (Phi) is 20.0. The van der Waals surface area contributed by atoms with E-state index in [0.717, 1.165) is 37.3 Å². The van der Waals surface area contributed by atoms with Crippen LogP contribution in [0.25, 0.3) is 0 Å². The van der Waals surface area contributed by atoms with Crippen molar-refractivity contribution in [2.24, 2.45) is 4.99 Å². The molecule has 2 N–H and O–H groups in total. The first-order valence-electron chi connectivity index (χ1n) is 16.2. The number of carbonyl (C=O) groups is 2. The number of unbranched alkanes of at least 4 members (excludes halogenated alkanes) is 2. The number of hydrogen-bond donors (Lipinski definition) is 2. The number of ether oxygens (including phenoxy) is 4. The van der Waals surface area contributed by atoms with Crippen LogP contribution in [0.1, 0.15) is 51.6 Å². The van der Waals surface area contributed by atoms with Crippen molar-refractivity contribution in [2.75, 3.05) is 90.5 Å². The van der Waals surface area contributed by atoms with Crippen LogP contribution in [0.2, 0.25) is 0 Å². The van der Waals surface area contributed by atoms with Crippen molar-refractivity contribution < 1.29 is 38.7 Å². The predicted octanol–water partition coefficient (Wildman–Crippen LogP) is 3.63. The zero-order chi connectivity index (χ0) is 34.2. The molecule has 2 aromatic rings. The van der Waals surface area contributed by atoms with Crippen molar-refractivity contribution in [1.29, 1.82) is 0 Å². The predicted molar refractivity (Wildman–Crippen MR) is 186 cm³/mol. The Hall–Kier alpha value is -2.85. The average molecular weight is 706 g/mol. The minimum absolute atomic E-state index is 0.0165. The highest BCUT2D eigenvalue weighted by Crippen LogP contribution is 2.12. The minimum atomic E-state index is -1.06. The number of thioether (sulfide) groups is 1. The molecular weight excluding hydrogens is 659 g/mol. The van der Waals surface area contributed by atoms with Gasteiger partial charge in [0, 0.05) is 51.6 Å². The fraction of sp³-hybridized carbons (Fsp3) is 0.606. The average Bonchev–Trinajstić information content (AvgIpc) is 3.08. The number of isothiocyanates is 1. The lowest BCUT2D eigenvalue weighted by Crippen LogP contribution is -2.35. The van der Waals surface area contributed by atoms with Gasteiger partial charge in [0.15, 0.2) is 0 Å². The molecule has 2 aromatic heterocycles. The molecule has 1 fully saturated rings. The minimum Gasteiger partial charge on any atom is -0.477 e. The van der Waals surface area contributed by atoms with Crippen LogP contribution in [0.4, 0.5) is 0 Å². The van der Waals surface area contributed by atoms with Crippen LogP contribution < -0.4 is 0 Å². The lowest BCUT2D eigenvalue weighted by atomic mass is 10.2. The third-order valence-electron chi connectivity index (χ3n) is 7.34. The van der Waals surface area contributed by atoms with Crippen molar-refractivity contribution in [3.63, 3.8) is 0 Å². The zero-order valence-electron chi connectivity index (χ0n) is 27.4. The van der Waals surface area contributed by atoms with Crippen LogP contribution in [-0.4, -0.2) is 144 Å². The normalized spacial score (nSPS) is 18.3. The third-order valence-corrected chi connectivity index (χ3v) is 8.66. The molecule has 0 aromatic carbocycles. The fourth-order valence-electron chi connectivity index (χ4n) is 4.81. The first kappa shape index (κ1) is 39.6. The second-order valence-corrected chi connectivity index (χ2v) is 12.4. The summed E-state index contributed by atoms with van der Waals surface area (Å²) in [5.41, 5.74) is 1.37. The van der Waals surface area contributed by atoms with Gasteiger partial charge in [-0.1, -0.05) is 18.6 Å². The second kappa shape index (κ2) is 24.3. The Morgan fingerprint density at radius 2 is 1.38 bits per heavy atom. The Balaban J connectivity index is 1.60. The van der Waals surface area contributed by atoms with Gasteiger partial charge < -0.3 is 29.2 Å². The third kappa shape index (κ3) is 17.0. The summed E-state index contributed by atoms with van der Waals surface area (Å²) in [6.45, 7) is 7.26. The van der Waals surface area contributed by atoms with Gasteiger partial charge >= 0.3 is 11.9 Å². The van der Waals surface area contributed by atoms with E-state index in [1.165, 1.54) is 12.1 Å². The van der Waals surface area contributed by atoms with Gasteiger partial charge in [-0.05, 0) is 55.1 Å². The smallest absolute Gasteiger partial charge is 0.354 e. The van der Waals surface area contributed by atoms with Gasteiger partial charge in [-0.25, -0.2) is 24.5 Å². The SMILES string of the molecule is O=C(O)c1cccc(CN2CCOCCOCCN(Cc3cccc(C(=O)O)n3)CCO[C@H](CSCCCCCN=C=S)COCC2)n1. The maximum atomic E-state index is 11.4. The standard InChI is InChI=1S/C33H47N5O8S2/c39-32(40)30-8-4-6-27(35-30)22-37-11-15-43-19-20-44-16-12-38(23-28-7-5-9-31(36-28)33(41)42)14-18-46-29(24-45-17-13-37)25-48-21-3-1-2-10-34-26-47/h4-9,29H,1-3,10-25H2,(H,39,40)(H,41,42)/t29-/m0/s1. The number of pyridine rings is 2. The molecule has 48 heavy (non-hydrogen) atoms. The van der Waals surface area contributed by atoms with Gasteiger partial charge in [0.05, 0.1) is 68.9 Å². The Labute approximate surface area is 292 Å². The van der Waals surface area contributed by atoms with E-state index >= 15 is 0 Å². The quantitative estimate of drug-likeness (QED) is 0.167. The Bertz CT molecular complexity index is 1290. The molecule has 0 unspecified atom stereocenters. The summed E-state index contributed by atoms with van der Waals surface area (Å²) in [5, 5.41) is 21.1. The zero-order valence-corrected chi connectivity index (χ0v) is 29.0. The molecule has 0 radical (unpaired) electrons. The molecule has 0 spiro atoms. The van der Waals surface area contributed by atoms with Crippen LogP contribution in [0, 0.1) is 0 Å². The Morgan fingerprint density at radius 3 is 1.94 bits per heavy atom. The van der Waals surface area contributed by atoms with Crippen LogP contribution in [0.15, 0.2) is 41.4 Å². The topological polar surface area (TPSA) is 156 Å². The summed E-state index contributed by atoms with van der Waals surface area (Å²) in [6.07, 6.45) is 3.03. The molecule has 1 aliphatic rings. The van der Waals surface area contributed by atoms with Crippen molar-refractivity contribution in [3.8, 4) is 0 Å². The number of carboxylic acid groups (broad SMARTS) is 2. The largest absolute Gasteiger partial charge is 0.477 e. The molecule has 1 aliphatic heterocycles. The van der Waals surface area contributed by atoms with E-state index in [4.69, 9.17) is 18.9 Å². The molecule has 264 valence electrons. The number of carboxylic acids is 2. The maximum absolute atomic E-state index is 11.4. The first-order chi connectivity index (χ1) is 23.4. The van der Waals surface area contributed by atoms with Crippen LogP contribution in [-0.2, 0) is 32.0 Å². The number of aliphatic imine (C=N–C) groups is 1. The van der Waals surface area contributed by atoms with E-state index in [9.17, 15) is 19.8 Å². The molecule has 0 saturated carbocycles. The first-order valence-corrected chi connectivity index (χ1v) is 17.8. The monoisotopic (exact) mass is 705 g/mol. The lowest BCUT2D eigenvalue weighted by Gasteiger charge is -2.25. The highest BCUT2D eigenvalue weighted by Gasteiger charge is 2.16. The summed E-state index contributed by atoms with van der Waals surface area (Å²) >= 11 is 6.47. The lowest BCUT2D eigenvalue weighted by molar-refractivity contribution is -0.0238. The molecule has 3 rings (SSSR count). The summed E-state index contributed by atoms with van der Waals surface area (Å²) < 4.78 is 24.2. The maximum Gasteiger partial charge on any atom is 0.354 e. The molecule has 0 bridgehead atoms. The summed E-state index contributed by atoms with van der Waals surface area (Å²) in [7, 11) is 0. The molecule has 1 atom stereocenters. The number of rotatable bonds is 14. The summed E-state index contributed by atoms with van der Waals surface area (Å²) in [6, 6.07) is 10.0. The van der Waals surface area contributed by atoms with Crippen LogP contribution >= 0.6 is 24.0 Å².